The number of rotatable bonds is 5. The summed E-state index contributed by atoms with van der Waals surface area (Å²) in [4.78, 5) is 14.4. The van der Waals surface area contributed by atoms with Gasteiger partial charge in [-0.05, 0) is 46.2 Å². The Balaban J connectivity index is 1.74. The second kappa shape index (κ2) is 7.04. The minimum absolute atomic E-state index is 0.0375. The molecule has 1 aromatic heterocycles. The van der Waals surface area contributed by atoms with Gasteiger partial charge in [-0.3, -0.25) is 4.79 Å². The van der Waals surface area contributed by atoms with Gasteiger partial charge >= 0.3 is 0 Å². The highest BCUT2D eigenvalue weighted by molar-refractivity contribution is 5.94. The maximum Gasteiger partial charge on any atom is 0.253 e. The van der Waals surface area contributed by atoms with Crippen LogP contribution in [-0.2, 0) is 13.0 Å². The standard InChI is InChI=1S/C18H19N5O/c1-3-14-7-9-15(10-8-14)12-22(2)18(24)16-5-4-6-17(11-16)23-13-19-20-21-23/h4-11,13H,3,12H2,1-2H3. The predicted octanol–water partition coefficient (Wildman–Crippen LogP) is 2.50. The fraction of sp³-hybridized carbons (Fsp3) is 0.222. The number of hydrogen-bond donors (Lipinski definition) is 0. The highest BCUT2D eigenvalue weighted by atomic mass is 16.2. The summed E-state index contributed by atoms with van der Waals surface area (Å²) in [5.74, 6) is -0.0375. The van der Waals surface area contributed by atoms with Crippen molar-refractivity contribution in [2.75, 3.05) is 7.05 Å². The highest BCUT2D eigenvalue weighted by Gasteiger charge is 2.13. The number of carbonyl (C=O) groups excluding carboxylic acids is 1. The molecule has 6 heteroatoms. The molecule has 0 aliphatic carbocycles. The number of tetrazole rings is 1. The molecular formula is C18H19N5O. The van der Waals surface area contributed by atoms with Crippen LogP contribution in [0, 0.1) is 0 Å². The van der Waals surface area contributed by atoms with Gasteiger partial charge in [0, 0.05) is 19.2 Å². The first kappa shape index (κ1) is 15.9. The number of aromatic nitrogens is 4. The summed E-state index contributed by atoms with van der Waals surface area (Å²) in [5.41, 5.74) is 3.77. The van der Waals surface area contributed by atoms with Gasteiger partial charge in [0.1, 0.15) is 6.33 Å². The summed E-state index contributed by atoms with van der Waals surface area (Å²) in [6, 6.07) is 15.6. The summed E-state index contributed by atoms with van der Waals surface area (Å²) in [7, 11) is 1.81. The van der Waals surface area contributed by atoms with Crippen molar-refractivity contribution in [1.82, 2.24) is 25.1 Å². The van der Waals surface area contributed by atoms with E-state index >= 15 is 0 Å². The van der Waals surface area contributed by atoms with Crippen LogP contribution in [0.2, 0.25) is 0 Å². The lowest BCUT2D eigenvalue weighted by molar-refractivity contribution is 0.0785. The van der Waals surface area contributed by atoms with Crippen molar-refractivity contribution in [2.24, 2.45) is 0 Å². The van der Waals surface area contributed by atoms with E-state index in [-0.39, 0.29) is 5.91 Å². The summed E-state index contributed by atoms with van der Waals surface area (Å²) in [5, 5.41) is 11.1. The molecular weight excluding hydrogens is 302 g/mol. The van der Waals surface area contributed by atoms with Crippen LogP contribution in [0.5, 0.6) is 0 Å². The molecule has 6 nitrogen and oxygen atoms in total. The van der Waals surface area contributed by atoms with E-state index in [4.69, 9.17) is 0 Å². The third-order valence-electron chi connectivity index (χ3n) is 3.90. The fourth-order valence-corrected chi connectivity index (χ4v) is 2.51. The summed E-state index contributed by atoms with van der Waals surface area (Å²) < 4.78 is 1.53. The van der Waals surface area contributed by atoms with Crippen LogP contribution in [0.15, 0.2) is 54.9 Å². The Morgan fingerprint density at radius 3 is 2.54 bits per heavy atom. The number of benzene rings is 2. The van der Waals surface area contributed by atoms with E-state index in [1.54, 1.807) is 24.1 Å². The molecule has 0 N–H and O–H groups in total. The minimum atomic E-state index is -0.0375. The Labute approximate surface area is 140 Å². The van der Waals surface area contributed by atoms with Crippen LogP contribution in [0.1, 0.15) is 28.4 Å². The number of nitrogens with zero attached hydrogens (tertiary/aromatic N) is 5. The van der Waals surface area contributed by atoms with Crippen molar-refractivity contribution in [3.63, 3.8) is 0 Å². The molecule has 0 saturated heterocycles. The van der Waals surface area contributed by atoms with Gasteiger partial charge < -0.3 is 4.90 Å². The molecule has 0 unspecified atom stereocenters. The zero-order chi connectivity index (χ0) is 16.9. The molecule has 3 rings (SSSR count). The summed E-state index contributed by atoms with van der Waals surface area (Å²) >= 11 is 0. The lowest BCUT2D eigenvalue weighted by Gasteiger charge is -2.18. The van der Waals surface area contributed by atoms with Gasteiger partial charge in [0.25, 0.3) is 5.91 Å². The van der Waals surface area contributed by atoms with Crippen LogP contribution in [0.4, 0.5) is 0 Å². The van der Waals surface area contributed by atoms with Crippen LogP contribution in [0.3, 0.4) is 0 Å². The molecule has 0 saturated carbocycles. The molecule has 3 aromatic rings. The molecule has 0 aliphatic heterocycles. The molecule has 1 amide bonds. The zero-order valence-electron chi connectivity index (χ0n) is 13.8. The molecule has 0 radical (unpaired) electrons. The Morgan fingerprint density at radius 1 is 1.12 bits per heavy atom. The third-order valence-corrected chi connectivity index (χ3v) is 3.90. The molecule has 1 heterocycles. The summed E-state index contributed by atoms with van der Waals surface area (Å²) in [6.07, 6.45) is 2.52. The van der Waals surface area contributed by atoms with Gasteiger partial charge in [-0.1, -0.05) is 37.3 Å². The van der Waals surface area contributed by atoms with Crippen LogP contribution in [-0.4, -0.2) is 38.1 Å². The first-order valence-electron chi connectivity index (χ1n) is 7.84. The molecule has 2 aromatic carbocycles. The van der Waals surface area contributed by atoms with Gasteiger partial charge in [0.2, 0.25) is 0 Å². The molecule has 0 spiro atoms. The van der Waals surface area contributed by atoms with Gasteiger partial charge in [-0.25, -0.2) is 4.68 Å². The first-order valence-corrected chi connectivity index (χ1v) is 7.84. The molecule has 0 aliphatic rings. The number of aryl methyl sites for hydroxylation is 1. The topological polar surface area (TPSA) is 63.9 Å². The Hall–Kier alpha value is -3.02. The summed E-state index contributed by atoms with van der Waals surface area (Å²) in [6.45, 7) is 2.69. The van der Waals surface area contributed by atoms with E-state index in [9.17, 15) is 4.79 Å². The monoisotopic (exact) mass is 321 g/mol. The Kier molecular flexibility index (Phi) is 4.65. The lowest BCUT2D eigenvalue weighted by Crippen LogP contribution is -2.26. The minimum Gasteiger partial charge on any atom is -0.337 e. The Morgan fingerprint density at radius 2 is 1.88 bits per heavy atom. The van der Waals surface area contributed by atoms with E-state index in [1.807, 2.05) is 12.1 Å². The maximum absolute atomic E-state index is 12.7. The van der Waals surface area contributed by atoms with Gasteiger partial charge in [0.15, 0.2) is 0 Å². The maximum atomic E-state index is 12.7. The number of hydrogen-bond acceptors (Lipinski definition) is 4. The van der Waals surface area contributed by atoms with Crippen molar-refractivity contribution in [1.29, 1.82) is 0 Å². The van der Waals surface area contributed by atoms with Crippen molar-refractivity contribution in [2.45, 2.75) is 19.9 Å². The van der Waals surface area contributed by atoms with Gasteiger partial charge in [0.05, 0.1) is 5.69 Å². The van der Waals surface area contributed by atoms with Crippen LogP contribution < -0.4 is 0 Å². The van der Waals surface area contributed by atoms with Crippen molar-refractivity contribution in [3.8, 4) is 5.69 Å². The quantitative estimate of drug-likeness (QED) is 0.724. The van der Waals surface area contributed by atoms with E-state index in [1.165, 1.54) is 16.6 Å². The molecule has 24 heavy (non-hydrogen) atoms. The predicted molar refractivity (Wildman–Crippen MR) is 90.8 cm³/mol. The molecule has 122 valence electrons. The Bertz CT molecular complexity index is 812. The molecule has 0 atom stereocenters. The number of amides is 1. The zero-order valence-corrected chi connectivity index (χ0v) is 13.8. The van der Waals surface area contributed by atoms with E-state index in [0.29, 0.717) is 12.1 Å². The van der Waals surface area contributed by atoms with E-state index < -0.39 is 0 Å². The average Bonchev–Trinajstić information content (AvgIpc) is 3.16. The van der Waals surface area contributed by atoms with Crippen molar-refractivity contribution < 1.29 is 4.79 Å². The normalized spacial score (nSPS) is 10.6. The highest BCUT2D eigenvalue weighted by Crippen LogP contribution is 2.13. The van der Waals surface area contributed by atoms with Crippen LogP contribution >= 0.6 is 0 Å². The third kappa shape index (κ3) is 3.48. The van der Waals surface area contributed by atoms with Crippen molar-refractivity contribution in [3.05, 3.63) is 71.5 Å². The van der Waals surface area contributed by atoms with Gasteiger partial charge in [-0.2, -0.15) is 0 Å². The van der Waals surface area contributed by atoms with Crippen molar-refractivity contribution >= 4 is 5.91 Å². The lowest BCUT2D eigenvalue weighted by atomic mass is 10.1. The number of carbonyl (C=O) groups is 1. The van der Waals surface area contributed by atoms with Crippen LogP contribution in [0.25, 0.3) is 5.69 Å². The smallest absolute Gasteiger partial charge is 0.253 e. The second-order valence-electron chi connectivity index (χ2n) is 5.64. The average molecular weight is 321 g/mol. The SMILES string of the molecule is CCc1ccc(CN(C)C(=O)c2cccc(-n3cnnn3)c2)cc1. The van der Waals surface area contributed by atoms with E-state index in [2.05, 4.69) is 46.7 Å². The van der Waals surface area contributed by atoms with E-state index in [0.717, 1.165) is 17.7 Å². The largest absolute Gasteiger partial charge is 0.337 e. The molecule has 0 bridgehead atoms. The van der Waals surface area contributed by atoms with Gasteiger partial charge in [-0.15, -0.1) is 5.10 Å². The fourth-order valence-electron chi connectivity index (χ4n) is 2.51. The first-order chi connectivity index (χ1) is 11.7. The molecule has 0 fully saturated rings. The second-order valence-corrected chi connectivity index (χ2v) is 5.64.